The molecule has 1 amide bonds. The molecule has 0 radical (unpaired) electrons. The highest BCUT2D eigenvalue weighted by molar-refractivity contribution is 9.10. The summed E-state index contributed by atoms with van der Waals surface area (Å²) in [5.74, 6) is 0.0972. The van der Waals surface area contributed by atoms with Gasteiger partial charge in [-0.05, 0) is 47.4 Å². The molecule has 1 aliphatic rings. The summed E-state index contributed by atoms with van der Waals surface area (Å²) in [5.41, 5.74) is 7.65. The highest BCUT2D eigenvalue weighted by Crippen LogP contribution is 2.24. The van der Waals surface area contributed by atoms with Crippen LogP contribution in [0.4, 0.5) is 5.69 Å². The Bertz CT molecular complexity index is 446. The molecule has 18 heavy (non-hydrogen) atoms. The van der Waals surface area contributed by atoms with Gasteiger partial charge in [-0.3, -0.25) is 9.69 Å². The van der Waals surface area contributed by atoms with Gasteiger partial charge in [0, 0.05) is 22.7 Å². The van der Waals surface area contributed by atoms with Crippen molar-refractivity contribution in [1.29, 1.82) is 0 Å². The Balaban J connectivity index is 1.87. The number of hydrogen-bond donors (Lipinski definition) is 2. The molecule has 0 spiro atoms. The van der Waals surface area contributed by atoms with Crippen molar-refractivity contribution < 1.29 is 4.79 Å². The minimum absolute atomic E-state index is 0.0972. The molecule has 0 unspecified atom stereocenters. The second-order valence-corrected chi connectivity index (χ2v) is 5.63. The van der Waals surface area contributed by atoms with Gasteiger partial charge in [0.15, 0.2) is 0 Å². The van der Waals surface area contributed by atoms with Gasteiger partial charge in [0.25, 0.3) is 0 Å². The van der Waals surface area contributed by atoms with E-state index in [1.54, 1.807) is 0 Å². The van der Waals surface area contributed by atoms with E-state index < -0.39 is 0 Å². The number of likely N-dealkylation sites (N-methyl/N-ethyl adjacent to an activating group) is 1. The van der Waals surface area contributed by atoms with Crippen molar-refractivity contribution in [3.05, 3.63) is 28.2 Å². The first kappa shape index (κ1) is 13.4. The Morgan fingerprint density at radius 2 is 2.28 bits per heavy atom. The Kier molecular flexibility index (Phi) is 4.24. The number of carbonyl (C=O) groups is 1. The first-order valence-corrected chi connectivity index (χ1v) is 6.86. The van der Waals surface area contributed by atoms with Crippen LogP contribution in [0.1, 0.15) is 18.4 Å². The quantitative estimate of drug-likeness (QED) is 0.814. The van der Waals surface area contributed by atoms with Gasteiger partial charge in [-0.2, -0.15) is 0 Å². The fraction of sp³-hybridized carbons (Fsp3) is 0.462. The summed E-state index contributed by atoms with van der Waals surface area (Å²) in [6, 6.07) is 6.21. The van der Waals surface area contributed by atoms with Crippen LogP contribution in [-0.2, 0) is 11.3 Å². The molecule has 0 heterocycles. The van der Waals surface area contributed by atoms with Gasteiger partial charge in [0.1, 0.15) is 0 Å². The van der Waals surface area contributed by atoms with E-state index in [4.69, 9.17) is 5.73 Å². The van der Waals surface area contributed by atoms with Crippen LogP contribution in [0.25, 0.3) is 0 Å². The molecule has 1 aromatic rings. The normalized spacial score (nSPS) is 14.8. The predicted molar refractivity (Wildman–Crippen MR) is 76.1 cm³/mol. The minimum atomic E-state index is 0.0972. The van der Waals surface area contributed by atoms with Crippen LogP contribution in [0.2, 0.25) is 0 Å². The average molecular weight is 312 g/mol. The van der Waals surface area contributed by atoms with Crippen LogP contribution in [0.3, 0.4) is 0 Å². The lowest BCUT2D eigenvalue weighted by Crippen LogP contribution is -2.36. The molecule has 3 N–H and O–H groups in total. The van der Waals surface area contributed by atoms with Crippen molar-refractivity contribution in [2.45, 2.75) is 25.4 Å². The number of amides is 1. The van der Waals surface area contributed by atoms with Crippen molar-refractivity contribution in [2.24, 2.45) is 0 Å². The van der Waals surface area contributed by atoms with Crippen molar-refractivity contribution in [3.63, 3.8) is 0 Å². The van der Waals surface area contributed by atoms with Crippen LogP contribution in [-0.4, -0.2) is 30.4 Å². The van der Waals surface area contributed by atoms with E-state index in [1.807, 2.05) is 30.1 Å². The summed E-state index contributed by atoms with van der Waals surface area (Å²) in [5, 5.41) is 2.98. The van der Waals surface area contributed by atoms with Gasteiger partial charge in [0.2, 0.25) is 5.91 Å². The summed E-state index contributed by atoms with van der Waals surface area (Å²) < 4.78 is 0.916. The lowest BCUT2D eigenvalue weighted by Gasteiger charge is -2.17. The summed E-state index contributed by atoms with van der Waals surface area (Å²) in [6.45, 7) is 1.11. The summed E-state index contributed by atoms with van der Waals surface area (Å²) in [6.07, 6.45) is 2.24. The molecule has 1 aromatic carbocycles. The third-order valence-corrected chi connectivity index (χ3v) is 3.87. The molecule has 2 rings (SSSR count). The number of carbonyl (C=O) groups excluding carboxylic acids is 1. The SMILES string of the molecule is CN(CC(=O)NC1CC1)Cc1cccc(N)c1Br. The third kappa shape index (κ3) is 3.71. The van der Waals surface area contributed by atoms with Gasteiger partial charge >= 0.3 is 0 Å². The molecule has 1 saturated carbocycles. The molecule has 4 nitrogen and oxygen atoms in total. The van der Waals surface area contributed by atoms with E-state index in [-0.39, 0.29) is 5.91 Å². The maximum atomic E-state index is 11.7. The molecule has 0 aromatic heterocycles. The van der Waals surface area contributed by atoms with Crippen molar-refractivity contribution in [2.75, 3.05) is 19.3 Å². The number of rotatable bonds is 5. The highest BCUT2D eigenvalue weighted by Gasteiger charge is 2.23. The van der Waals surface area contributed by atoms with Gasteiger partial charge in [-0.1, -0.05) is 12.1 Å². The van der Waals surface area contributed by atoms with Gasteiger partial charge in [-0.25, -0.2) is 0 Å². The van der Waals surface area contributed by atoms with Gasteiger partial charge < -0.3 is 11.1 Å². The Morgan fingerprint density at radius 3 is 2.94 bits per heavy atom. The molecule has 0 saturated heterocycles. The third-order valence-electron chi connectivity index (χ3n) is 2.90. The second-order valence-electron chi connectivity index (χ2n) is 4.83. The van der Waals surface area contributed by atoms with Crippen LogP contribution >= 0.6 is 15.9 Å². The van der Waals surface area contributed by atoms with E-state index in [0.29, 0.717) is 19.1 Å². The molecule has 1 fully saturated rings. The zero-order chi connectivity index (χ0) is 13.1. The van der Waals surface area contributed by atoms with E-state index >= 15 is 0 Å². The fourth-order valence-electron chi connectivity index (χ4n) is 1.81. The molecule has 0 atom stereocenters. The second kappa shape index (κ2) is 5.71. The van der Waals surface area contributed by atoms with Crippen LogP contribution < -0.4 is 11.1 Å². The Hall–Kier alpha value is -1.07. The smallest absolute Gasteiger partial charge is 0.234 e. The molecule has 5 heteroatoms. The van der Waals surface area contributed by atoms with Crippen LogP contribution in [0, 0.1) is 0 Å². The van der Waals surface area contributed by atoms with Gasteiger partial charge in [-0.15, -0.1) is 0 Å². The number of anilines is 1. The van der Waals surface area contributed by atoms with Crippen molar-refractivity contribution in [1.82, 2.24) is 10.2 Å². The molecule has 0 aliphatic heterocycles. The number of nitrogens with zero attached hydrogens (tertiary/aromatic N) is 1. The monoisotopic (exact) mass is 311 g/mol. The number of nitrogen functional groups attached to an aromatic ring is 1. The number of hydrogen-bond acceptors (Lipinski definition) is 3. The number of nitrogens with one attached hydrogen (secondary N) is 1. The van der Waals surface area contributed by atoms with Crippen LogP contribution in [0.15, 0.2) is 22.7 Å². The maximum absolute atomic E-state index is 11.7. The van der Waals surface area contributed by atoms with E-state index in [0.717, 1.165) is 28.6 Å². The lowest BCUT2D eigenvalue weighted by atomic mass is 10.2. The Morgan fingerprint density at radius 1 is 1.56 bits per heavy atom. The maximum Gasteiger partial charge on any atom is 0.234 e. The summed E-state index contributed by atoms with van der Waals surface area (Å²) >= 11 is 3.47. The minimum Gasteiger partial charge on any atom is -0.398 e. The largest absolute Gasteiger partial charge is 0.398 e. The van der Waals surface area contributed by atoms with Crippen LogP contribution in [0.5, 0.6) is 0 Å². The summed E-state index contributed by atoms with van der Waals surface area (Å²) in [7, 11) is 1.93. The van der Waals surface area contributed by atoms with Gasteiger partial charge in [0.05, 0.1) is 6.54 Å². The molecule has 0 bridgehead atoms. The zero-order valence-corrected chi connectivity index (χ0v) is 12.0. The first-order valence-electron chi connectivity index (χ1n) is 6.07. The fourth-order valence-corrected chi connectivity index (χ4v) is 2.20. The predicted octanol–water partition coefficient (Wildman–Crippen LogP) is 1.74. The highest BCUT2D eigenvalue weighted by atomic mass is 79.9. The molecular weight excluding hydrogens is 294 g/mol. The molecular formula is C13H18BrN3O. The number of nitrogens with two attached hydrogens (primary N) is 1. The van der Waals surface area contributed by atoms with Crippen molar-refractivity contribution >= 4 is 27.5 Å². The lowest BCUT2D eigenvalue weighted by molar-refractivity contribution is -0.122. The van der Waals surface area contributed by atoms with Crippen molar-refractivity contribution in [3.8, 4) is 0 Å². The molecule has 1 aliphatic carbocycles. The average Bonchev–Trinajstić information content (AvgIpc) is 3.08. The van der Waals surface area contributed by atoms with E-state index in [2.05, 4.69) is 21.2 Å². The molecule has 98 valence electrons. The number of benzene rings is 1. The zero-order valence-electron chi connectivity index (χ0n) is 10.4. The first-order chi connectivity index (χ1) is 8.56. The van der Waals surface area contributed by atoms with E-state index in [9.17, 15) is 4.79 Å². The Labute approximate surface area is 116 Å². The standard InChI is InChI=1S/C13H18BrN3O/c1-17(8-12(18)16-10-5-6-10)7-9-3-2-4-11(15)13(9)14/h2-4,10H,5-8,15H2,1H3,(H,16,18). The topological polar surface area (TPSA) is 58.4 Å². The summed E-state index contributed by atoms with van der Waals surface area (Å²) in [4.78, 5) is 13.6. The van der Waals surface area contributed by atoms with E-state index in [1.165, 1.54) is 0 Å². The number of halogens is 1.